The smallest absolute Gasteiger partial charge is 0.356 e. The highest BCUT2D eigenvalue weighted by molar-refractivity contribution is 5.88. The van der Waals surface area contributed by atoms with E-state index in [4.69, 9.17) is 4.74 Å². The Balaban J connectivity index is 1.81. The minimum atomic E-state index is -0.409. The van der Waals surface area contributed by atoms with E-state index in [2.05, 4.69) is 21.7 Å². The maximum absolute atomic E-state index is 11.7. The molecule has 2 rings (SSSR count). The Labute approximate surface area is 145 Å². The van der Waals surface area contributed by atoms with Crippen LogP contribution in [-0.4, -0.2) is 42.6 Å². The lowest BCUT2D eigenvalue weighted by molar-refractivity contribution is 0.0593. The van der Waals surface area contributed by atoms with Gasteiger partial charge in [-0.1, -0.05) is 31.2 Å². The van der Waals surface area contributed by atoms with Crippen LogP contribution >= 0.6 is 0 Å². The first-order valence-corrected chi connectivity index (χ1v) is 8.98. The van der Waals surface area contributed by atoms with E-state index in [0.29, 0.717) is 11.4 Å². The van der Waals surface area contributed by atoms with Crippen molar-refractivity contribution in [3.05, 3.63) is 29.1 Å². The Hall–Kier alpha value is -1.86. The van der Waals surface area contributed by atoms with Gasteiger partial charge in [-0.2, -0.15) is 0 Å². The van der Waals surface area contributed by atoms with Gasteiger partial charge in [0.25, 0.3) is 0 Å². The van der Waals surface area contributed by atoms with Crippen LogP contribution in [0.5, 0.6) is 0 Å². The molecule has 1 aromatic heterocycles. The second-order valence-corrected chi connectivity index (χ2v) is 6.37. The quantitative estimate of drug-likeness (QED) is 0.481. The maximum Gasteiger partial charge on any atom is 0.356 e. The fraction of sp³-hybridized carbons (Fsp3) is 0.600. The second-order valence-electron chi connectivity index (χ2n) is 6.37. The Morgan fingerprint density at radius 2 is 1.92 bits per heavy atom. The van der Waals surface area contributed by atoms with Gasteiger partial charge in [-0.25, -0.2) is 9.78 Å². The zero-order chi connectivity index (χ0) is 17.2. The van der Waals surface area contributed by atoms with Crippen LogP contribution in [-0.2, 0) is 4.74 Å². The fourth-order valence-corrected chi connectivity index (χ4v) is 2.98. The third kappa shape index (κ3) is 5.98. The number of methoxy groups -OCH3 is 1. The summed E-state index contributed by atoms with van der Waals surface area (Å²) in [6.45, 7) is 5.44. The molecule has 1 aromatic rings. The molecular formula is C20H28N2O2. The molecule has 0 spiro atoms. The van der Waals surface area contributed by atoms with E-state index in [1.165, 1.54) is 52.3 Å². The summed E-state index contributed by atoms with van der Waals surface area (Å²) >= 11 is 0. The van der Waals surface area contributed by atoms with Crippen molar-refractivity contribution in [3.63, 3.8) is 0 Å². The van der Waals surface area contributed by atoms with E-state index in [-0.39, 0.29) is 0 Å². The molecule has 2 heterocycles. The number of ether oxygens (including phenoxy) is 1. The standard InChI is InChI=1S/C20H28N2O2/c1-17-12-13-18(21-19(17)20(23)24-2)11-7-6-10-16-22-14-8-4-3-5-9-15-22/h12-13H,3-6,8-10,14-16H2,1-2H3. The number of likely N-dealkylation sites (tertiary alicyclic amines) is 1. The summed E-state index contributed by atoms with van der Waals surface area (Å²) in [6, 6.07) is 3.72. The van der Waals surface area contributed by atoms with Gasteiger partial charge < -0.3 is 9.64 Å². The van der Waals surface area contributed by atoms with Crippen molar-refractivity contribution in [2.75, 3.05) is 26.7 Å². The zero-order valence-corrected chi connectivity index (χ0v) is 14.9. The molecule has 130 valence electrons. The topological polar surface area (TPSA) is 42.4 Å². The van der Waals surface area contributed by atoms with Crippen LogP contribution in [0.25, 0.3) is 0 Å². The van der Waals surface area contributed by atoms with E-state index in [0.717, 1.165) is 24.9 Å². The van der Waals surface area contributed by atoms with E-state index < -0.39 is 5.97 Å². The van der Waals surface area contributed by atoms with Crippen LogP contribution < -0.4 is 0 Å². The summed E-state index contributed by atoms with van der Waals surface area (Å²) in [4.78, 5) is 18.5. The Morgan fingerprint density at radius 3 is 2.62 bits per heavy atom. The number of unbranched alkanes of at least 4 members (excludes halogenated alkanes) is 1. The monoisotopic (exact) mass is 328 g/mol. The van der Waals surface area contributed by atoms with Crippen LogP contribution in [0.1, 0.15) is 66.7 Å². The molecule has 24 heavy (non-hydrogen) atoms. The average molecular weight is 328 g/mol. The highest BCUT2D eigenvalue weighted by Gasteiger charge is 2.11. The van der Waals surface area contributed by atoms with Crippen molar-refractivity contribution in [3.8, 4) is 11.8 Å². The van der Waals surface area contributed by atoms with E-state index in [1.807, 2.05) is 19.1 Å². The molecule has 4 heteroatoms. The van der Waals surface area contributed by atoms with Gasteiger partial charge in [0.05, 0.1) is 7.11 Å². The minimum Gasteiger partial charge on any atom is -0.464 e. The molecule has 0 amide bonds. The third-order valence-corrected chi connectivity index (χ3v) is 4.42. The second kappa shape index (κ2) is 10.1. The SMILES string of the molecule is COC(=O)c1nc(C#CCCCN2CCCCCCC2)ccc1C. The maximum atomic E-state index is 11.7. The lowest BCUT2D eigenvalue weighted by Gasteiger charge is -2.23. The molecule has 1 saturated heterocycles. The Morgan fingerprint density at radius 1 is 1.21 bits per heavy atom. The van der Waals surface area contributed by atoms with Crippen molar-refractivity contribution in [2.45, 2.75) is 51.9 Å². The molecule has 0 atom stereocenters. The van der Waals surface area contributed by atoms with Crippen LogP contribution in [0.3, 0.4) is 0 Å². The number of pyridine rings is 1. The van der Waals surface area contributed by atoms with E-state index >= 15 is 0 Å². The minimum absolute atomic E-state index is 0.352. The summed E-state index contributed by atoms with van der Waals surface area (Å²) < 4.78 is 4.75. The zero-order valence-electron chi connectivity index (χ0n) is 14.9. The lowest BCUT2D eigenvalue weighted by atomic mass is 10.1. The summed E-state index contributed by atoms with van der Waals surface area (Å²) in [5.41, 5.74) is 1.79. The predicted octanol–water partition coefficient (Wildman–Crippen LogP) is 3.57. The number of hydrogen-bond acceptors (Lipinski definition) is 4. The lowest BCUT2D eigenvalue weighted by Crippen LogP contribution is -2.28. The van der Waals surface area contributed by atoms with Gasteiger partial charge in [0.2, 0.25) is 0 Å². The molecule has 1 aliphatic rings. The highest BCUT2D eigenvalue weighted by atomic mass is 16.5. The van der Waals surface area contributed by atoms with Crippen molar-refractivity contribution in [2.24, 2.45) is 0 Å². The molecule has 0 aliphatic carbocycles. The molecule has 0 bridgehead atoms. The molecular weight excluding hydrogens is 300 g/mol. The Kier molecular flexibility index (Phi) is 7.77. The summed E-state index contributed by atoms with van der Waals surface area (Å²) in [5, 5.41) is 0. The number of rotatable bonds is 4. The molecule has 4 nitrogen and oxygen atoms in total. The summed E-state index contributed by atoms with van der Waals surface area (Å²) in [6.07, 6.45) is 8.75. The van der Waals surface area contributed by atoms with Crippen molar-refractivity contribution >= 4 is 5.97 Å². The molecule has 0 saturated carbocycles. The van der Waals surface area contributed by atoms with Crippen LogP contribution in [0.2, 0.25) is 0 Å². The van der Waals surface area contributed by atoms with Crippen LogP contribution in [0.15, 0.2) is 12.1 Å². The normalized spacial score (nSPS) is 15.8. The molecule has 1 fully saturated rings. The predicted molar refractivity (Wildman–Crippen MR) is 96.0 cm³/mol. The number of aryl methyl sites for hydroxylation is 1. The largest absolute Gasteiger partial charge is 0.464 e. The van der Waals surface area contributed by atoms with Gasteiger partial charge in [-0.15, -0.1) is 0 Å². The highest BCUT2D eigenvalue weighted by Crippen LogP contribution is 2.11. The van der Waals surface area contributed by atoms with Crippen LogP contribution in [0, 0.1) is 18.8 Å². The molecule has 1 aliphatic heterocycles. The van der Waals surface area contributed by atoms with Crippen molar-refractivity contribution < 1.29 is 9.53 Å². The first-order valence-electron chi connectivity index (χ1n) is 8.98. The van der Waals surface area contributed by atoms with Crippen molar-refractivity contribution in [1.82, 2.24) is 9.88 Å². The van der Waals surface area contributed by atoms with Gasteiger partial charge in [0, 0.05) is 6.42 Å². The van der Waals surface area contributed by atoms with Crippen molar-refractivity contribution in [1.29, 1.82) is 0 Å². The molecule has 0 aromatic carbocycles. The summed E-state index contributed by atoms with van der Waals surface area (Å²) in [7, 11) is 1.37. The van der Waals surface area contributed by atoms with Gasteiger partial charge in [0.15, 0.2) is 5.69 Å². The fourth-order valence-electron chi connectivity index (χ4n) is 2.98. The number of carbonyl (C=O) groups is 1. The molecule has 0 N–H and O–H groups in total. The Bertz CT molecular complexity index is 593. The van der Waals surface area contributed by atoms with E-state index in [9.17, 15) is 4.79 Å². The number of nitrogens with zero attached hydrogens (tertiary/aromatic N) is 2. The number of aromatic nitrogens is 1. The third-order valence-electron chi connectivity index (χ3n) is 4.42. The van der Waals surface area contributed by atoms with E-state index in [1.54, 1.807) is 0 Å². The number of esters is 1. The molecule has 0 radical (unpaired) electrons. The number of carbonyl (C=O) groups excluding carboxylic acids is 1. The van der Waals surface area contributed by atoms with Gasteiger partial charge in [0.1, 0.15) is 5.69 Å². The van der Waals surface area contributed by atoms with Crippen LogP contribution in [0.4, 0.5) is 0 Å². The first-order chi connectivity index (χ1) is 11.7. The summed E-state index contributed by atoms with van der Waals surface area (Å²) in [5.74, 6) is 5.84. The van der Waals surface area contributed by atoms with Gasteiger partial charge in [-0.05, 0) is 63.4 Å². The van der Waals surface area contributed by atoms with Gasteiger partial charge in [-0.3, -0.25) is 0 Å². The first kappa shape index (κ1) is 18.5. The number of hydrogen-bond donors (Lipinski definition) is 0. The average Bonchev–Trinajstić information content (AvgIpc) is 2.56. The molecule has 0 unspecified atom stereocenters. The van der Waals surface area contributed by atoms with Gasteiger partial charge >= 0.3 is 5.97 Å².